The zero-order valence-corrected chi connectivity index (χ0v) is 11.6. The maximum absolute atomic E-state index is 10.7. The van der Waals surface area contributed by atoms with E-state index in [1.165, 1.54) is 43.4 Å². The minimum absolute atomic E-state index is 0.329. The number of halogens is 1. The van der Waals surface area contributed by atoms with Gasteiger partial charge in [0.2, 0.25) is 0 Å². The smallest absolute Gasteiger partial charge is 0.187 e. The minimum Gasteiger partial charge on any atom is -0.351 e. The lowest BCUT2D eigenvalue weighted by Gasteiger charge is -2.26. The Morgan fingerprint density at radius 1 is 1.47 bits per heavy atom. The Labute approximate surface area is 111 Å². The summed E-state index contributed by atoms with van der Waals surface area (Å²) in [4.78, 5) is 17.6. The van der Waals surface area contributed by atoms with E-state index in [1.807, 2.05) is 7.05 Å². The number of aromatic nitrogens is 1. The van der Waals surface area contributed by atoms with Gasteiger partial charge in [-0.1, -0.05) is 42.2 Å². The van der Waals surface area contributed by atoms with Crippen LogP contribution in [0, 0.1) is 5.92 Å². The van der Waals surface area contributed by atoms with Gasteiger partial charge in [0.15, 0.2) is 16.6 Å². The van der Waals surface area contributed by atoms with Gasteiger partial charge in [-0.2, -0.15) is 0 Å². The van der Waals surface area contributed by atoms with E-state index in [4.69, 9.17) is 11.6 Å². The highest BCUT2D eigenvalue weighted by Gasteiger charge is 2.18. The Morgan fingerprint density at radius 2 is 2.18 bits per heavy atom. The van der Waals surface area contributed by atoms with Crippen LogP contribution in [0.25, 0.3) is 0 Å². The van der Waals surface area contributed by atoms with E-state index in [9.17, 15) is 4.79 Å². The molecule has 1 aliphatic rings. The molecule has 1 heterocycles. The van der Waals surface area contributed by atoms with Crippen molar-refractivity contribution in [3.8, 4) is 0 Å². The highest BCUT2D eigenvalue weighted by Crippen LogP contribution is 2.30. The van der Waals surface area contributed by atoms with Gasteiger partial charge in [-0.05, 0) is 18.8 Å². The Balaban J connectivity index is 1.98. The third-order valence-corrected chi connectivity index (χ3v) is 4.78. The lowest BCUT2D eigenvalue weighted by Crippen LogP contribution is -2.26. The Bertz CT molecular complexity index is 388. The van der Waals surface area contributed by atoms with Crippen molar-refractivity contribution in [2.75, 3.05) is 18.5 Å². The minimum atomic E-state index is 0.329. The molecule has 1 fully saturated rings. The number of carbonyl (C=O) groups excluding carboxylic acids is 1. The topological polar surface area (TPSA) is 33.2 Å². The van der Waals surface area contributed by atoms with Crippen molar-refractivity contribution < 1.29 is 4.79 Å². The van der Waals surface area contributed by atoms with Gasteiger partial charge in [-0.3, -0.25) is 4.79 Å². The molecular formula is C12H17ClN2OS. The van der Waals surface area contributed by atoms with E-state index in [0.717, 1.165) is 23.9 Å². The van der Waals surface area contributed by atoms with Crippen molar-refractivity contribution >= 4 is 34.4 Å². The zero-order valence-electron chi connectivity index (χ0n) is 9.99. The Morgan fingerprint density at radius 3 is 2.76 bits per heavy atom. The highest BCUT2D eigenvalue weighted by atomic mass is 35.5. The lowest BCUT2D eigenvalue weighted by molar-refractivity contribution is 0.112. The summed E-state index contributed by atoms with van der Waals surface area (Å²) in [5.41, 5.74) is 0. The number of anilines is 1. The normalized spacial score (nSPS) is 17.1. The third-order valence-electron chi connectivity index (χ3n) is 3.29. The second-order valence-corrected chi connectivity index (χ2v) is 6.02. The van der Waals surface area contributed by atoms with Crippen LogP contribution in [0.4, 0.5) is 5.13 Å². The SMILES string of the molecule is CN(CC1CCCCC1)c1nc(Cl)c(C=O)s1. The molecule has 1 aromatic heterocycles. The van der Waals surface area contributed by atoms with Crippen LogP contribution in [0.1, 0.15) is 41.8 Å². The van der Waals surface area contributed by atoms with E-state index in [-0.39, 0.29) is 0 Å². The third kappa shape index (κ3) is 3.19. The first-order valence-electron chi connectivity index (χ1n) is 6.03. The highest BCUT2D eigenvalue weighted by molar-refractivity contribution is 7.17. The zero-order chi connectivity index (χ0) is 12.3. The molecule has 0 radical (unpaired) electrons. The summed E-state index contributed by atoms with van der Waals surface area (Å²) in [7, 11) is 2.03. The Hall–Kier alpha value is -0.610. The molecule has 17 heavy (non-hydrogen) atoms. The van der Waals surface area contributed by atoms with Gasteiger partial charge in [0.1, 0.15) is 4.88 Å². The fourth-order valence-electron chi connectivity index (χ4n) is 2.37. The quantitative estimate of drug-likeness (QED) is 0.785. The van der Waals surface area contributed by atoms with Crippen LogP contribution in [0.2, 0.25) is 5.15 Å². The number of nitrogens with zero attached hydrogens (tertiary/aromatic N) is 2. The largest absolute Gasteiger partial charge is 0.351 e. The van der Waals surface area contributed by atoms with Gasteiger partial charge < -0.3 is 4.90 Å². The van der Waals surface area contributed by atoms with Gasteiger partial charge >= 0.3 is 0 Å². The fraction of sp³-hybridized carbons (Fsp3) is 0.667. The molecule has 0 bridgehead atoms. The molecule has 0 aromatic carbocycles. The van der Waals surface area contributed by atoms with Crippen LogP contribution in [0.5, 0.6) is 0 Å². The molecule has 1 aromatic rings. The standard InChI is InChI=1S/C12H17ClN2OS/c1-15(7-9-5-3-2-4-6-9)12-14-11(13)10(8-16)17-12/h8-9H,2-7H2,1H3. The van der Waals surface area contributed by atoms with Gasteiger partial charge in [0.25, 0.3) is 0 Å². The number of carbonyl (C=O) groups is 1. The van der Waals surface area contributed by atoms with Crippen LogP contribution in [0.3, 0.4) is 0 Å². The molecule has 0 aliphatic heterocycles. The van der Waals surface area contributed by atoms with E-state index >= 15 is 0 Å². The summed E-state index contributed by atoms with van der Waals surface area (Å²) < 4.78 is 0. The first-order valence-corrected chi connectivity index (χ1v) is 7.23. The molecule has 5 heteroatoms. The molecule has 0 atom stereocenters. The van der Waals surface area contributed by atoms with Crippen molar-refractivity contribution in [2.45, 2.75) is 32.1 Å². The molecule has 0 spiro atoms. The predicted octanol–water partition coefficient (Wildman–Crippen LogP) is 3.63. The molecule has 0 unspecified atom stereocenters. The average Bonchev–Trinajstić information content (AvgIpc) is 2.72. The first-order chi connectivity index (χ1) is 8.20. The summed E-state index contributed by atoms with van der Waals surface area (Å²) in [6.45, 7) is 1.02. The van der Waals surface area contributed by atoms with Crippen LogP contribution >= 0.6 is 22.9 Å². The summed E-state index contributed by atoms with van der Waals surface area (Å²) in [5.74, 6) is 0.760. The number of hydrogen-bond acceptors (Lipinski definition) is 4. The number of thiazole rings is 1. The van der Waals surface area contributed by atoms with Crippen molar-refractivity contribution in [1.82, 2.24) is 4.98 Å². The summed E-state index contributed by atoms with van der Waals surface area (Å²) in [5, 5.41) is 1.18. The van der Waals surface area contributed by atoms with Crippen molar-refractivity contribution in [3.05, 3.63) is 10.0 Å². The molecule has 0 amide bonds. The summed E-state index contributed by atoms with van der Waals surface area (Å²) in [6, 6.07) is 0. The van der Waals surface area contributed by atoms with Gasteiger partial charge in [-0.25, -0.2) is 4.98 Å². The van der Waals surface area contributed by atoms with Crippen LogP contribution in [0.15, 0.2) is 0 Å². The molecule has 0 N–H and O–H groups in total. The fourth-order valence-corrected chi connectivity index (χ4v) is 3.41. The second-order valence-electron chi connectivity index (χ2n) is 4.65. The van der Waals surface area contributed by atoms with Gasteiger partial charge in [0.05, 0.1) is 0 Å². The molecular weight excluding hydrogens is 256 g/mol. The van der Waals surface area contributed by atoms with Crippen LogP contribution in [-0.4, -0.2) is 24.9 Å². The second kappa shape index (κ2) is 5.83. The molecule has 1 saturated carbocycles. The summed E-state index contributed by atoms with van der Waals surface area (Å²) >= 11 is 7.24. The molecule has 0 saturated heterocycles. The maximum atomic E-state index is 10.7. The molecule has 1 aliphatic carbocycles. The van der Waals surface area contributed by atoms with Crippen molar-refractivity contribution in [3.63, 3.8) is 0 Å². The van der Waals surface area contributed by atoms with E-state index < -0.39 is 0 Å². The number of hydrogen-bond donors (Lipinski definition) is 0. The van der Waals surface area contributed by atoms with Crippen molar-refractivity contribution in [1.29, 1.82) is 0 Å². The van der Waals surface area contributed by atoms with Gasteiger partial charge in [0, 0.05) is 13.6 Å². The molecule has 3 nitrogen and oxygen atoms in total. The van der Waals surface area contributed by atoms with Crippen LogP contribution < -0.4 is 4.90 Å². The Kier molecular flexibility index (Phi) is 4.40. The van der Waals surface area contributed by atoms with E-state index in [2.05, 4.69) is 9.88 Å². The number of aldehydes is 1. The van der Waals surface area contributed by atoms with Crippen LogP contribution in [-0.2, 0) is 0 Å². The van der Waals surface area contributed by atoms with Gasteiger partial charge in [-0.15, -0.1) is 0 Å². The number of rotatable bonds is 4. The monoisotopic (exact) mass is 272 g/mol. The van der Waals surface area contributed by atoms with E-state index in [1.54, 1.807) is 0 Å². The molecule has 2 rings (SSSR count). The lowest BCUT2D eigenvalue weighted by atomic mass is 9.89. The maximum Gasteiger partial charge on any atom is 0.187 e. The van der Waals surface area contributed by atoms with Crippen molar-refractivity contribution in [2.24, 2.45) is 5.92 Å². The first kappa shape index (κ1) is 12.8. The summed E-state index contributed by atoms with van der Waals surface area (Å²) in [6.07, 6.45) is 7.46. The average molecular weight is 273 g/mol. The van der Waals surface area contributed by atoms with E-state index in [0.29, 0.717) is 10.0 Å². The predicted molar refractivity (Wildman–Crippen MR) is 72.4 cm³/mol. The molecule has 94 valence electrons.